The molecule has 3 nitrogen and oxygen atoms in total. The molecule has 2 unspecified atom stereocenters. The van der Waals surface area contributed by atoms with Crippen LogP contribution in [-0.2, 0) is 9.47 Å². The smallest absolute Gasteiger partial charge is 0.178 e. The largest absolute Gasteiger partial charge is 0.346 e. The molecule has 0 spiro atoms. The predicted octanol–water partition coefficient (Wildman–Crippen LogP) is 2.21. The Balaban J connectivity index is 2.11. The van der Waals surface area contributed by atoms with E-state index in [-0.39, 0.29) is 6.10 Å². The molecular formula is C11H14BrNO2. The summed E-state index contributed by atoms with van der Waals surface area (Å²) in [5.74, 6) is -0.627. The van der Waals surface area contributed by atoms with Gasteiger partial charge in [0.15, 0.2) is 5.79 Å². The van der Waals surface area contributed by atoms with Gasteiger partial charge in [-0.1, -0.05) is 28.1 Å². The molecule has 1 aromatic rings. The predicted molar refractivity (Wildman–Crippen MR) is 61.4 cm³/mol. The number of rotatable bonds is 2. The highest BCUT2D eigenvalue weighted by Crippen LogP contribution is 2.32. The van der Waals surface area contributed by atoms with Crippen molar-refractivity contribution < 1.29 is 9.47 Å². The Morgan fingerprint density at radius 2 is 2.13 bits per heavy atom. The van der Waals surface area contributed by atoms with Crippen LogP contribution in [0.3, 0.4) is 0 Å². The molecule has 0 aliphatic carbocycles. The molecule has 0 saturated carbocycles. The van der Waals surface area contributed by atoms with Crippen molar-refractivity contribution in [1.82, 2.24) is 0 Å². The molecular weight excluding hydrogens is 258 g/mol. The lowest BCUT2D eigenvalue weighted by atomic mass is 10.1. The third kappa shape index (κ3) is 2.39. The summed E-state index contributed by atoms with van der Waals surface area (Å²) in [6.45, 7) is 2.81. The molecule has 82 valence electrons. The van der Waals surface area contributed by atoms with Gasteiger partial charge in [0.1, 0.15) is 6.10 Å². The van der Waals surface area contributed by atoms with Gasteiger partial charge < -0.3 is 15.2 Å². The second-order valence-corrected chi connectivity index (χ2v) is 4.72. The van der Waals surface area contributed by atoms with Gasteiger partial charge in [-0.25, -0.2) is 0 Å². The van der Waals surface area contributed by atoms with E-state index in [0.717, 1.165) is 10.0 Å². The minimum atomic E-state index is -0.627. The van der Waals surface area contributed by atoms with Gasteiger partial charge in [-0.2, -0.15) is 0 Å². The van der Waals surface area contributed by atoms with Crippen molar-refractivity contribution in [1.29, 1.82) is 0 Å². The highest BCUT2D eigenvalue weighted by molar-refractivity contribution is 9.10. The van der Waals surface area contributed by atoms with Gasteiger partial charge >= 0.3 is 0 Å². The molecule has 2 N–H and O–H groups in total. The van der Waals surface area contributed by atoms with Gasteiger partial charge in [-0.05, 0) is 24.6 Å². The lowest BCUT2D eigenvalue weighted by molar-refractivity contribution is -0.145. The fourth-order valence-electron chi connectivity index (χ4n) is 1.57. The number of benzene rings is 1. The van der Waals surface area contributed by atoms with E-state index in [0.29, 0.717) is 13.2 Å². The van der Waals surface area contributed by atoms with Gasteiger partial charge in [-0.3, -0.25) is 0 Å². The second kappa shape index (κ2) is 4.22. The molecule has 1 saturated heterocycles. The second-order valence-electron chi connectivity index (χ2n) is 3.81. The maximum absolute atomic E-state index is 5.76. The first-order valence-corrected chi connectivity index (χ1v) is 5.69. The van der Waals surface area contributed by atoms with Crippen LogP contribution in [0.4, 0.5) is 0 Å². The zero-order valence-electron chi connectivity index (χ0n) is 8.57. The summed E-state index contributed by atoms with van der Waals surface area (Å²) in [6.07, 6.45) is -0.00773. The van der Waals surface area contributed by atoms with Crippen LogP contribution in [0.15, 0.2) is 28.7 Å². The lowest BCUT2D eigenvalue weighted by Crippen LogP contribution is -2.35. The van der Waals surface area contributed by atoms with Crippen LogP contribution in [0.1, 0.15) is 18.6 Å². The van der Waals surface area contributed by atoms with Crippen LogP contribution in [-0.4, -0.2) is 18.9 Å². The third-order valence-corrected chi connectivity index (χ3v) is 3.07. The van der Waals surface area contributed by atoms with E-state index in [9.17, 15) is 0 Å². The first-order valence-electron chi connectivity index (χ1n) is 4.90. The molecule has 4 heteroatoms. The summed E-state index contributed by atoms with van der Waals surface area (Å²) in [4.78, 5) is 0. The van der Waals surface area contributed by atoms with Crippen LogP contribution >= 0.6 is 15.9 Å². The molecule has 1 fully saturated rings. The van der Waals surface area contributed by atoms with Crippen LogP contribution < -0.4 is 5.73 Å². The van der Waals surface area contributed by atoms with Gasteiger partial charge in [0.25, 0.3) is 0 Å². The topological polar surface area (TPSA) is 44.5 Å². The first-order chi connectivity index (χ1) is 7.13. The molecule has 1 aliphatic rings. The van der Waals surface area contributed by atoms with Crippen LogP contribution in [0, 0.1) is 0 Å². The summed E-state index contributed by atoms with van der Waals surface area (Å²) in [6, 6.07) is 8.05. The van der Waals surface area contributed by atoms with Crippen molar-refractivity contribution in [3.8, 4) is 0 Å². The minimum Gasteiger partial charge on any atom is -0.346 e. The fraction of sp³-hybridized carbons (Fsp3) is 0.455. The van der Waals surface area contributed by atoms with E-state index in [1.165, 1.54) is 0 Å². The monoisotopic (exact) mass is 271 g/mol. The molecule has 0 aromatic heterocycles. The van der Waals surface area contributed by atoms with E-state index in [2.05, 4.69) is 15.9 Å². The van der Waals surface area contributed by atoms with E-state index >= 15 is 0 Å². The van der Waals surface area contributed by atoms with E-state index in [1.807, 2.05) is 31.2 Å². The molecule has 2 rings (SSSR count). The molecule has 0 radical (unpaired) electrons. The maximum atomic E-state index is 5.76. The Hall–Kier alpha value is -0.420. The number of nitrogens with two attached hydrogens (primary N) is 1. The van der Waals surface area contributed by atoms with E-state index in [1.54, 1.807) is 0 Å². The lowest BCUT2D eigenvalue weighted by Gasteiger charge is -2.20. The number of hydrogen-bond donors (Lipinski definition) is 1. The molecule has 2 atom stereocenters. The maximum Gasteiger partial charge on any atom is 0.178 e. The molecule has 0 bridgehead atoms. The van der Waals surface area contributed by atoms with E-state index in [4.69, 9.17) is 15.2 Å². The Morgan fingerprint density at radius 3 is 2.67 bits per heavy atom. The SMILES string of the molecule is CC1(CN)OCC(c2ccc(Br)cc2)O1. The quantitative estimate of drug-likeness (QED) is 0.897. The summed E-state index contributed by atoms with van der Waals surface area (Å²) >= 11 is 3.40. The standard InChI is InChI=1S/C11H14BrNO2/c1-11(7-13)14-6-10(15-11)8-2-4-9(12)5-3-8/h2-5,10H,6-7,13H2,1H3. The Labute approximate surface area is 97.7 Å². The molecule has 15 heavy (non-hydrogen) atoms. The number of halogens is 1. The normalized spacial score (nSPS) is 30.7. The Bertz CT molecular complexity index is 341. The van der Waals surface area contributed by atoms with Crippen molar-refractivity contribution in [3.63, 3.8) is 0 Å². The van der Waals surface area contributed by atoms with Gasteiger partial charge in [0.2, 0.25) is 0 Å². The first kappa shape index (κ1) is 11.1. The number of ether oxygens (including phenoxy) is 2. The zero-order valence-corrected chi connectivity index (χ0v) is 10.2. The van der Waals surface area contributed by atoms with Crippen molar-refractivity contribution in [3.05, 3.63) is 34.3 Å². The zero-order chi connectivity index (χ0) is 10.9. The van der Waals surface area contributed by atoms with Gasteiger partial charge in [0.05, 0.1) is 6.61 Å². The van der Waals surface area contributed by atoms with Gasteiger partial charge in [-0.15, -0.1) is 0 Å². The summed E-state index contributed by atoms with van der Waals surface area (Å²) < 4.78 is 12.4. The van der Waals surface area contributed by atoms with Crippen molar-refractivity contribution in [2.24, 2.45) is 5.73 Å². The van der Waals surface area contributed by atoms with Crippen molar-refractivity contribution in [2.45, 2.75) is 18.8 Å². The average Bonchev–Trinajstić information content (AvgIpc) is 2.63. The highest BCUT2D eigenvalue weighted by atomic mass is 79.9. The van der Waals surface area contributed by atoms with Crippen molar-refractivity contribution in [2.75, 3.05) is 13.2 Å². The van der Waals surface area contributed by atoms with Gasteiger partial charge in [0, 0.05) is 11.0 Å². The molecule has 1 aliphatic heterocycles. The molecule has 1 aromatic carbocycles. The Kier molecular flexibility index (Phi) is 3.11. The third-order valence-electron chi connectivity index (χ3n) is 2.54. The molecule has 1 heterocycles. The van der Waals surface area contributed by atoms with Crippen LogP contribution in [0.5, 0.6) is 0 Å². The van der Waals surface area contributed by atoms with Crippen LogP contribution in [0.25, 0.3) is 0 Å². The number of hydrogen-bond acceptors (Lipinski definition) is 3. The summed E-state index contributed by atoms with van der Waals surface area (Å²) in [5.41, 5.74) is 6.70. The molecule has 0 amide bonds. The summed E-state index contributed by atoms with van der Waals surface area (Å²) in [7, 11) is 0. The van der Waals surface area contributed by atoms with E-state index < -0.39 is 5.79 Å². The average molecular weight is 272 g/mol. The highest BCUT2D eigenvalue weighted by Gasteiger charge is 2.36. The summed E-state index contributed by atoms with van der Waals surface area (Å²) in [5, 5.41) is 0. The van der Waals surface area contributed by atoms with Crippen LogP contribution in [0.2, 0.25) is 0 Å². The Morgan fingerprint density at radius 1 is 1.47 bits per heavy atom. The minimum absolute atomic E-state index is 0.00773. The fourth-order valence-corrected chi connectivity index (χ4v) is 1.83. The van der Waals surface area contributed by atoms with Crippen molar-refractivity contribution >= 4 is 15.9 Å².